The number of sulfonamides is 1. The average Bonchev–Trinajstić information content (AvgIpc) is 3.21. The summed E-state index contributed by atoms with van der Waals surface area (Å²) in [5, 5.41) is 4.07. The Bertz CT molecular complexity index is 881. The maximum absolute atomic E-state index is 12.6. The zero-order valence-electron chi connectivity index (χ0n) is 14.6. The molecule has 0 atom stereocenters. The normalized spacial score (nSPS) is 16.4. The first-order chi connectivity index (χ1) is 12.5. The van der Waals surface area contributed by atoms with Gasteiger partial charge in [0.15, 0.2) is 0 Å². The lowest BCUT2D eigenvalue weighted by molar-refractivity contribution is 0.0950. The summed E-state index contributed by atoms with van der Waals surface area (Å²) in [5.74, 6) is -0.335. The molecule has 0 bridgehead atoms. The molecule has 0 aliphatic carbocycles. The molecule has 7 nitrogen and oxygen atoms in total. The molecule has 26 heavy (non-hydrogen) atoms. The van der Waals surface area contributed by atoms with Crippen molar-refractivity contribution in [2.45, 2.75) is 31.1 Å². The van der Waals surface area contributed by atoms with Crippen molar-refractivity contribution in [2.75, 3.05) is 13.1 Å². The van der Waals surface area contributed by atoms with E-state index in [0.29, 0.717) is 24.5 Å². The minimum Gasteiger partial charge on any atom is -0.357 e. The van der Waals surface area contributed by atoms with Crippen LogP contribution >= 0.6 is 0 Å². The number of H-pyrrole nitrogens is 1. The average molecular weight is 374 g/mol. The van der Waals surface area contributed by atoms with Crippen LogP contribution in [0.2, 0.25) is 0 Å². The van der Waals surface area contributed by atoms with Crippen LogP contribution in [0.1, 0.15) is 42.2 Å². The van der Waals surface area contributed by atoms with Crippen molar-refractivity contribution in [1.82, 2.24) is 14.7 Å². The number of carbonyl (C=O) groups excluding carboxylic acids is 1. The van der Waals surface area contributed by atoms with E-state index in [0.717, 1.165) is 24.8 Å². The van der Waals surface area contributed by atoms with Crippen LogP contribution in [0.5, 0.6) is 0 Å². The van der Waals surface area contributed by atoms with E-state index in [1.54, 1.807) is 53.8 Å². The molecule has 0 radical (unpaired) electrons. The van der Waals surface area contributed by atoms with Crippen LogP contribution in [0.15, 0.2) is 52.6 Å². The van der Waals surface area contributed by atoms with E-state index in [1.165, 1.54) is 0 Å². The highest BCUT2D eigenvalue weighted by atomic mass is 32.2. The van der Waals surface area contributed by atoms with Crippen LogP contribution in [0.25, 0.3) is 0 Å². The third-order valence-electron chi connectivity index (χ3n) is 4.39. The molecular weight excluding hydrogens is 352 g/mol. The number of aromatic amines is 1. The van der Waals surface area contributed by atoms with Crippen molar-refractivity contribution in [2.24, 2.45) is 5.10 Å². The van der Waals surface area contributed by atoms with Gasteiger partial charge in [0.2, 0.25) is 10.0 Å². The van der Waals surface area contributed by atoms with E-state index < -0.39 is 10.0 Å². The number of hydrogen-bond donors (Lipinski definition) is 2. The maximum Gasteiger partial charge on any atom is 0.287 e. The molecule has 8 heteroatoms. The van der Waals surface area contributed by atoms with Crippen LogP contribution in [0, 0.1) is 0 Å². The first-order valence-corrected chi connectivity index (χ1v) is 10.0. The summed E-state index contributed by atoms with van der Waals surface area (Å²) in [6.07, 6.45) is 4.55. The van der Waals surface area contributed by atoms with E-state index in [9.17, 15) is 13.2 Å². The Balaban J connectivity index is 1.70. The van der Waals surface area contributed by atoms with Crippen LogP contribution < -0.4 is 5.43 Å². The number of hydrazone groups is 1. The minimum absolute atomic E-state index is 0.284. The van der Waals surface area contributed by atoms with Gasteiger partial charge in [0.25, 0.3) is 5.91 Å². The van der Waals surface area contributed by atoms with Crippen molar-refractivity contribution < 1.29 is 13.2 Å². The van der Waals surface area contributed by atoms with E-state index in [4.69, 9.17) is 0 Å². The fourth-order valence-electron chi connectivity index (χ4n) is 2.85. The first kappa shape index (κ1) is 18.3. The molecule has 138 valence electrons. The highest BCUT2D eigenvalue weighted by molar-refractivity contribution is 7.89. The van der Waals surface area contributed by atoms with Gasteiger partial charge < -0.3 is 4.98 Å². The second kappa shape index (κ2) is 7.84. The number of nitrogens with zero attached hydrogens (tertiary/aromatic N) is 2. The van der Waals surface area contributed by atoms with Gasteiger partial charge in [-0.15, -0.1) is 0 Å². The second-order valence-electron chi connectivity index (χ2n) is 6.21. The first-order valence-electron chi connectivity index (χ1n) is 8.57. The third kappa shape index (κ3) is 4.03. The summed E-state index contributed by atoms with van der Waals surface area (Å²) in [4.78, 5) is 15.0. The van der Waals surface area contributed by atoms with E-state index in [2.05, 4.69) is 15.5 Å². The van der Waals surface area contributed by atoms with Gasteiger partial charge in [0, 0.05) is 19.3 Å². The highest BCUT2D eigenvalue weighted by Gasteiger charge is 2.25. The van der Waals surface area contributed by atoms with E-state index >= 15 is 0 Å². The number of nitrogens with one attached hydrogen (secondary N) is 2. The molecule has 1 aromatic carbocycles. The van der Waals surface area contributed by atoms with E-state index in [1.807, 2.05) is 0 Å². The zero-order chi connectivity index (χ0) is 18.6. The quantitative estimate of drug-likeness (QED) is 0.621. The third-order valence-corrected chi connectivity index (χ3v) is 6.31. The molecule has 1 aliphatic rings. The molecule has 1 aromatic heterocycles. The number of piperidine rings is 1. The van der Waals surface area contributed by atoms with Crippen molar-refractivity contribution in [1.29, 1.82) is 0 Å². The van der Waals surface area contributed by atoms with Gasteiger partial charge >= 0.3 is 0 Å². The molecule has 2 heterocycles. The predicted molar refractivity (Wildman–Crippen MR) is 99.5 cm³/mol. The monoisotopic (exact) mass is 374 g/mol. The maximum atomic E-state index is 12.6. The molecule has 3 rings (SSSR count). The number of amides is 1. The highest BCUT2D eigenvalue weighted by Crippen LogP contribution is 2.21. The largest absolute Gasteiger partial charge is 0.357 e. The van der Waals surface area contributed by atoms with Crippen LogP contribution in [-0.2, 0) is 10.0 Å². The second-order valence-corrected chi connectivity index (χ2v) is 8.15. The van der Waals surface area contributed by atoms with Crippen molar-refractivity contribution >= 4 is 21.6 Å². The van der Waals surface area contributed by atoms with Crippen LogP contribution in [0.4, 0.5) is 0 Å². The topological polar surface area (TPSA) is 94.6 Å². The fourth-order valence-corrected chi connectivity index (χ4v) is 4.37. The molecule has 0 spiro atoms. The van der Waals surface area contributed by atoms with Crippen LogP contribution in [0.3, 0.4) is 0 Å². The Morgan fingerprint density at radius 3 is 2.42 bits per heavy atom. The predicted octanol–water partition coefficient (Wildman–Crippen LogP) is 2.34. The summed E-state index contributed by atoms with van der Waals surface area (Å²) in [6.45, 7) is 2.91. The Labute approximate surface area is 153 Å². The zero-order valence-corrected chi connectivity index (χ0v) is 15.4. The Kier molecular flexibility index (Phi) is 5.53. The van der Waals surface area contributed by atoms with Gasteiger partial charge in [-0.3, -0.25) is 4.79 Å². The van der Waals surface area contributed by atoms with Crippen LogP contribution in [-0.4, -0.2) is 42.4 Å². The van der Waals surface area contributed by atoms with Gasteiger partial charge in [-0.1, -0.05) is 18.6 Å². The number of benzene rings is 1. The summed E-state index contributed by atoms with van der Waals surface area (Å²) in [7, 11) is -3.44. The van der Waals surface area contributed by atoms with Crippen molar-refractivity contribution in [3.8, 4) is 0 Å². The molecule has 2 aromatic rings. The molecular formula is C18H22N4O3S. The van der Waals surface area contributed by atoms with Gasteiger partial charge in [-0.25, -0.2) is 13.8 Å². The van der Waals surface area contributed by atoms with Gasteiger partial charge in [-0.05, 0) is 49.6 Å². The Morgan fingerprint density at radius 1 is 1.12 bits per heavy atom. The number of rotatable bonds is 5. The molecule has 1 fully saturated rings. The minimum atomic E-state index is -3.44. The molecule has 0 unspecified atom stereocenters. The lowest BCUT2D eigenvalue weighted by Gasteiger charge is -2.25. The fraction of sp³-hybridized carbons (Fsp3) is 0.333. The van der Waals surface area contributed by atoms with Crippen molar-refractivity contribution in [3.63, 3.8) is 0 Å². The summed E-state index contributed by atoms with van der Waals surface area (Å²) < 4.78 is 26.8. The molecule has 1 aliphatic heterocycles. The molecule has 1 saturated heterocycles. The van der Waals surface area contributed by atoms with E-state index in [-0.39, 0.29) is 10.8 Å². The van der Waals surface area contributed by atoms with Crippen molar-refractivity contribution in [3.05, 3.63) is 53.9 Å². The number of aromatic nitrogens is 1. The van der Waals surface area contributed by atoms with Gasteiger partial charge in [-0.2, -0.15) is 9.41 Å². The van der Waals surface area contributed by atoms with Gasteiger partial charge in [0.05, 0.1) is 10.6 Å². The SMILES string of the molecule is C/C(=N/NC(=O)c1ccc[nH]1)c1ccc(S(=O)(=O)N2CCCCC2)cc1. The standard InChI is InChI=1S/C18H22N4O3S/c1-14(20-21-18(23)17-6-5-11-19-17)15-7-9-16(10-8-15)26(24,25)22-12-3-2-4-13-22/h5-11,19H,2-4,12-13H2,1H3,(H,21,23)/b20-14-. The summed E-state index contributed by atoms with van der Waals surface area (Å²) >= 11 is 0. The van der Waals surface area contributed by atoms with Gasteiger partial charge in [0.1, 0.15) is 5.69 Å². The Morgan fingerprint density at radius 2 is 1.81 bits per heavy atom. The lowest BCUT2D eigenvalue weighted by atomic mass is 10.1. The number of carbonyl (C=O) groups is 1. The Hall–Kier alpha value is -2.45. The smallest absolute Gasteiger partial charge is 0.287 e. The lowest BCUT2D eigenvalue weighted by Crippen LogP contribution is -2.35. The molecule has 2 N–H and O–H groups in total. The molecule has 0 saturated carbocycles. The number of hydrogen-bond acceptors (Lipinski definition) is 4. The summed E-state index contributed by atoms with van der Waals surface area (Å²) in [5.41, 5.74) is 4.23. The summed E-state index contributed by atoms with van der Waals surface area (Å²) in [6, 6.07) is 9.97. The molecule has 1 amide bonds.